The molecule has 0 radical (unpaired) electrons. The summed E-state index contributed by atoms with van der Waals surface area (Å²) in [7, 11) is 1.63. The lowest BCUT2D eigenvalue weighted by atomic mass is 10.2. The van der Waals surface area contributed by atoms with E-state index in [2.05, 4.69) is 5.32 Å². The summed E-state index contributed by atoms with van der Waals surface area (Å²) in [6, 6.07) is 7.60. The van der Waals surface area contributed by atoms with Crippen LogP contribution in [0.3, 0.4) is 0 Å². The van der Waals surface area contributed by atoms with Gasteiger partial charge < -0.3 is 15.2 Å². The molecule has 1 aromatic rings. The van der Waals surface area contributed by atoms with Gasteiger partial charge in [-0.05, 0) is 43.0 Å². The van der Waals surface area contributed by atoms with Gasteiger partial charge in [-0.25, -0.2) is 0 Å². The third-order valence-electron chi connectivity index (χ3n) is 3.10. The summed E-state index contributed by atoms with van der Waals surface area (Å²) in [5.41, 5.74) is 0. The van der Waals surface area contributed by atoms with Crippen LogP contribution in [0, 0.1) is 5.92 Å². The quantitative estimate of drug-likeness (QED) is 0.747. The molecule has 1 aromatic carbocycles. The zero-order valence-corrected chi connectivity index (χ0v) is 11.8. The highest BCUT2D eigenvalue weighted by Crippen LogP contribution is 2.32. The summed E-state index contributed by atoms with van der Waals surface area (Å²) in [6.45, 7) is 0.368. The number of aliphatic hydroxyl groups is 1. The van der Waals surface area contributed by atoms with E-state index in [4.69, 9.17) is 4.74 Å². The lowest BCUT2D eigenvalue weighted by Crippen LogP contribution is -2.34. The number of carbonyl (C=O) groups excluding carboxylic acids is 1. The monoisotopic (exact) mass is 281 g/mol. The summed E-state index contributed by atoms with van der Waals surface area (Å²) in [6.07, 6.45) is 1.78. The average molecular weight is 281 g/mol. The Bertz CT molecular complexity index is 417. The Morgan fingerprint density at radius 2 is 2.16 bits per heavy atom. The summed E-state index contributed by atoms with van der Waals surface area (Å²) in [5, 5.41) is 12.4. The predicted molar refractivity (Wildman–Crippen MR) is 75.5 cm³/mol. The molecule has 2 N–H and O–H groups in total. The number of rotatable bonds is 7. The molecular formula is C14H19NO3S. The molecule has 2 rings (SSSR count). The minimum Gasteiger partial charge on any atom is -0.497 e. The molecule has 19 heavy (non-hydrogen) atoms. The second-order valence-corrected chi connectivity index (χ2v) is 5.72. The lowest BCUT2D eigenvalue weighted by Gasteiger charge is -2.10. The molecule has 1 amide bonds. The molecule has 1 unspecified atom stereocenters. The standard InChI is InChI=1S/C14H19NO3S/c1-18-11-4-6-12(7-5-11)19-9-14(17)15-8-13(16)10-2-3-10/h4-7,10,13,16H,2-3,8-9H2,1H3,(H,15,17). The van der Waals surface area contributed by atoms with E-state index in [0.29, 0.717) is 18.2 Å². The van der Waals surface area contributed by atoms with Gasteiger partial charge in [-0.15, -0.1) is 11.8 Å². The number of methoxy groups -OCH3 is 1. The number of hydrogen-bond donors (Lipinski definition) is 2. The second kappa shape index (κ2) is 6.82. The Hall–Kier alpha value is -1.20. The van der Waals surface area contributed by atoms with Crippen LogP contribution in [0.4, 0.5) is 0 Å². The smallest absolute Gasteiger partial charge is 0.230 e. The van der Waals surface area contributed by atoms with Crippen LogP contribution in [0.5, 0.6) is 5.75 Å². The molecule has 1 aliphatic rings. The Labute approximate surface area is 117 Å². The number of aliphatic hydroxyl groups excluding tert-OH is 1. The second-order valence-electron chi connectivity index (χ2n) is 4.67. The summed E-state index contributed by atoms with van der Waals surface area (Å²) in [4.78, 5) is 12.6. The van der Waals surface area contributed by atoms with Crippen LogP contribution in [0.25, 0.3) is 0 Å². The van der Waals surface area contributed by atoms with Gasteiger partial charge in [0.1, 0.15) is 5.75 Å². The topological polar surface area (TPSA) is 58.6 Å². The Morgan fingerprint density at radius 1 is 1.47 bits per heavy atom. The van der Waals surface area contributed by atoms with E-state index < -0.39 is 0 Å². The fourth-order valence-corrected chi connectivity index (χ4v) is 2.47. The van der Waals surface area contributed by atoms with Gasteiger partial charge in [-0.3, -0.25) is 4.79 Å². The van der Waals surface area contributed by atoms with E-state index in [9.17, 15) is 9.90 Å². The van der Waals surface area contributed by atoms with E-state index in [1.54, 1.807) is 7.11 Å². The van der Waals surface area contributed by atoms with Crippen LogP contribution in [0.2, 0.25) is 0 Å². The van der Waals surface area contributed by atoms with Gasteiger partial charge in [0.2, 0.25) is 5.91 Å². The summed E-state index contributed by atoms with van der Waals surface area (Å²) in [5.74, 6) is 1.53. The van der Waals surface area contributed by atoms with Crippen LogP contribution in [-0.4, -0.2) is 36.5 Å². The van der Waals surface area contributed by atoms with Gasteiger partial charge in [0.25, 0.3) is 0 Å². The van der Waals surface area contributed by atoms with Crippen molar-refractivity contribution in [2.45, 2.75) is 23.8 Å². The van der Waals surface area contributed by atoms with E-state index in [0.717, 1.165) is 23.5 Å². The fourth-order valence-electron chi connectivity index (χ4n) is 1.74. The Kier molecular flexibility index (Phi) is 5.10. The number of carbonyl (C=O) groups is 1. The van der Waals surface area contributed by atoms with Crippen molar-refractivity contribution in [1.29, 1.82) is 0 Å². The molecule has 0 heterocycles. The maximum atomic E-state index is 11.6. The maximum absolute atomic E-state index is 11.6. The highest BCUT2D eigenvalue weighted by atomic mass is 32.2. The first-order valence-electron chi connectivity index (χ1n) is 6.40. The van der Waals surface area contributed by atoms with Crippen molar-refractivity contribution < 1.29 is 14.6 Å². The summed E-state index contributed by atoms with van der Waals surface area (Å²) < 4.78 is 5.07. The average Bonchev–Trinajstić information content (AvgIpc) is 3.27. The molecule has 1 atom stereocenters. The molecule has 1 fully saturated rings. The van der Waals surface area contributed by atoms with Crippen LogP contribution in [-0.2, 0) is 4.79 Å². The third kappa shape index (κ3) is 4.76. The zero-order valence-electron chi connectivity index (χ0n) is 11.0. The fraction of sp³-hybridized carbons (Fsp3) is 0.500. The van der Waals surface area contributed by atoms with Gasteiger partial charge in [0.15, 0.2) is 0 Å². The van der Waals surface area contributed by atoms with E-state index in [-0.39, 0.29) is 12.0 Å². The van der Waals surface area contributed by atoms with Gasteiger partial charge >= 0.3 is 0 Å². The van der Waals surface area contributed by atoms with E-state index in [1.165, 1.54) is 11.8 Å². The number of thioether (sulfide) groups is 1. The van der Waals surface area contributed by atoms with Crippen LogP contribution in [0.1, 0.15) is 12.8 Å². The highest BCUT2D eigenvalue weighted by Gasteiger charge is 2.29. The number of nitrogens with one attached hydrogen (secondary N) is 1. The van der Waals surface area contributed by atoms with Crippen molar-refractivity contribution in [3.8, 4) is 5.75 Å². The lowest BCUT2D eigenvalue weighted by molar-refractivity contribution is -0.119. The molecule has 0 aliphatic heterocycles. The molecule has 104 valence electrons. The molecule has 0 bridgehead atoms. The van der Waals surface area contributed by atoms with E-state index in [1.807, 2.05) is 24.3 Å². The van der Waals surface area contributed by atoms with Crippen LogP contribution in [0.15, 0.2) is 29.2 Å². The van der Waals surface area contributed by atoms with Gasteiger partial charge in [-0.1, -0.05) is 0 Å². The SMILES string of the molecule is COc1ccc(SCC(=O)NCC(O)C2CC2)cc1. The number of amides is 1. The van der Waals surface area contributed by atoms with Crippen LogP contribution >= 0.6 is 11.8 Å². The van der Waals surface area contributed by atoms with Crippen molar-refractivity contribution in [1.82, 2.24) is 5.32 Å². The highest BCUT2D eigenvalue weighted by molar-refractivity contribution is 8.00. The van der Waals surface area contributed by atoms with Crippen LogP contribution < -0.4 is 10.1 Å². The number of ether oxygens (including phenoxy) is 1. The first-order valence-corrected chi connectivity index (χ1v) is 7.39. The number of hydrogen-bond acceptors (Lipinski definition) is 4. The Morgan fingerprint density at radius 3 is 2.74 bits per heavy atom. The Balaban J connectivity index is 1.67. The maximum Gasteiger partial charge on any atom is 0.230 e. The van der Waals surface area contributed by atoms with Gasteiger partial charge in [0.05, 0.1) is 19.0 Å². The van der Waals surface area contributed by atoms with Crippen molar-refractivity contribution in [3.63, 3.8) is 0 Å². The first-order chi connectivity index (χ1) is 9.19. The van der Waals surface area contributed by atoms with E-state index >= 15 is 0 Å². The molecule has 1 saturated carbocycles. The molecular weight excluding hydrogens is 262 g/mol. The molecule has 0 aromatic heterocycles. The predicted octanol–water partition coefficient (Wildman–Crippen LogP) is 1.67. The van der Waals surface area contributed by atoms with Gasteiger partial charge in [0, 0.05) is 11.4 Å². The molecule has 5 heteroatoms. The minimum absolute atomic E-state index is 0.0412. The molecule has 4 nitrogen and oxygen atoms in total. The van der Waals surface area contributed by atoms with Crippen molar-refractivity contribution >= 4 is 17.7 Å². The molecule has 0 spiro atoms. The van der Waals surface area contributed by atoms with Crippen molar-refractivity contribution in [2.24, 2.45) is 5.92 Å². The number of benzene rings is 1. The summed E-state index contributed by atoms with van der Waals surface area (Å²) >= 11 is 1.47. The van der Waals surface area contributed by atoms with Crippen molar-refractivity contribution in [3.05, 3.63) is 24.3 Å². The zero-order chi connectivity index (χ0) is 13.7. The normalized spacial score (nSPS) is 15.9. The van der Waals surface area contributed by atoms with Gasteiger partial charge in [-0.2, -0.15) is 0 Å². The largest absolute Gasteiger partial charge is 0.497 e. The minimum atomic E-state index is -0.380. The van der Waals surface area contributed by atoms with Crippen molar-refractivity contribution in [2.75, 3.05) is 19.4 Å². The third-order valence-corrected chi connectivity index (χ3v) is 4.12. The first kappa shape index (κ1) is 14.2. The molecule has 1 aliphatic carbocycles. The molecule has 0 saturated heterocycles.